The highest BCUT2D eigenvalue weighted by molar-refractivity contribution is 6.07. The van der Waals surface area contributed by atoms with Gasteiger partial charge in [-0.2, -0.15) is 5.10 Å². The molecule has 0 saturated heterocycles. The largest absolute Gasteiger partial charge is 0.493 e. The first-order chi connectivity index (χ1) is 11.6. The van der Waals surface area contributed by atoms with Gasteiger partial charge in [0.2, 0.25) is 5.75 Å². The molecule has 7 nitrogen and oxygen atoms in total. The van der Waals surface area contributed by atoms with Gasteiger partial charge in [0.15, 0.2) is 11.5 Å². The molecule has 3 rings (SSSR count). The number of carboxylic acid groups (broad SMARTS) is 1. The molecule has 7 heteroatoms. The fourth-order valence-corrected chi connectivity index (χ4v) is 2.40. The van der Waals surface area contributed by atoms with Crippen LogP contribution in [0.25, 0.3) is 0 Å². The number of carboxylic acids is 1. The molecule has 0 bridgehead atoms. The Morgan fingerprint density at radius 2 is 1.92 bits per heavy atom. The third-order valence-electron chi connectivity index (χ3n) is 3.62. The van der Waals surface area contributed by atoms with Gasteiger partial charge in [-0.3, -0.25) is 5.43 Å². The number of carbonyl (C=O) groups is 1. The Labute approximate surface area is 138 Å². The molecular weight excluding hydrogens is 312 g/mol. The topological polar surface area (TPSA) is 89.4 Å². The number of fused-ring (bicyclic) bond motifs is 1. The molecule has 1 aliphatic rings. The quantitative estimate of drug-likeness (QED) is 0.820. The van der Waals surface area contributed by atoms with Gasteiger partial charge in [0, 0.05) is 5.56 Å². The lowest BCUT2D eigenvalue weighted by Gasteiger charge is -2.10. The summed E-state index contributed by atoms with van der Waals surface area (Å²) in [5.41, 5.74) is 5.34. The highest BCUT2D eigenvalue weighted by Crippen LogP contribution is 2.42. The summed E-state index contributed by atoms with van der Waals surface area (Å²) < 4.78 is 16.3. The second-order valence-electron chi connectivity index (χ2n) is 5.02. The number of methoxy groups -OCH3 is 2. The van der Waals surface area contributed by atoms with Gasteiger partial charge in [0.05, 0.1) is 25.5 Å². The van der Waals surface area contributed by atoms with Gasteiger partial charge in [-0.15, -0.1) is 0 Å². The lowest BCUT2D eigenvalue weighted by molar-refractivity contribution is 0.0697. The van der Waals surface area contributed by atoms with E-state index in [9.17, 15) is 4.79 Å². The molecule has 0 aromatic heterocycles. The number of rotatable bonds is 5. The van der Waals surface area contributed by atoms with E-state index in [4.69, 9.17) is 19.3 Å². The molecule has 0 unspecified atom stereocenters. The molecule has 0 amide bonds. The van der Waals surface area contributed by atoms with Crippen LogP contribution in [0.5, 0.6) is 17.2 Å². The summed E-state index contributed by atoms with van der Waals surface area (Å²) in [6.07, 6.45) is 0. The number of hydrazone groups is 1. The summed E-state index contributed by atoms with van der Waals surface area (Å²) in [4.78, 5) is 10.8. The Hall–Kier alpha value is -3.22. The van der Waals surface area contributed by atoms with E-state index >= 15 is 0 Å². The van der Waals surface area contributed by atoms with Gasteiger partial charge in [-0.05, 0) is 36.4 Å². The number of hydrogen-bond acceptors (Lipinski definition) is 6. The fourth-order valence-electron chi connectivity index (χ4n) is 2.40. The molecule has 1 aliphatic heterocycles. The maximum absolute atomic E-state index is 10.8. The van der Waals surface area contributed by atoms with Crippen molar-refractivity contribution in [2.75, 3.05) is 26.3 Å². The predicted octanol–water partition coefficient (Wildman–Crippen LogP) is 2.61. The molecule has 2 aromatic rings. The zero-order valence-corrected chi connectivity index (χ0v) is 13.2. The number of anilines is 1. The molecule has 2 N–H and O–H groups in total. The van der Waals surface area contributed by atoms with Crippen LogP contribution in [0.2, 0.25) is 0 Å². The molecule has 0 aliphatic carbocycles. The monoisotopic (exact) mass is 328 g/mol. The van der Waals surface area contributed by atoms with Crippen molar-refractivity contribution in [3.8, 4) is 17.2 Å². The maximum Gasteiger partial charge on any atom is 0.335 e. The minimum absolute atomic E-state index is 0.222. The van der Waals surface area contributed by atoms with Gasteiger partial charge in [-0.1, -0.05) is 0 Å². The van der Waals surface area contributed by atoms with Crippen molar-refractivity contribution in [1.82, 2.24) is 0 Å². The normalized spacial score (nSPS) is 14.0. The molecule has 0 spiro atoms. The lowest BCUT2D eigenvalue weighted by Crippen LogP contribution is -2.05. The minimum Gasteiger partial charge on any atom is -0.493 e. The average Bonchev–Trinajstić information content (AvgIpc) is 3.02. The summed E-state index contributed by atoms with van der Waals surface area (Å²) >= 11 is 0. The van der Waals surface area contributed by atoms with Crippen molar-refractivity contribution in [3.05, 3.63) is 47.5 Å². The van der Waals surface area contributed by atoms with E-state index in [0.717, 1.165) is 5.56 Å². The molecule has 0 fully saturated rings. The smallest absolute Gasteiger partial charge is 0.335 e. The minimum atomic E-state index is -0.966. The van der Waals surface area contributed by atoms with E-state index in [1.54, 1.807) is 32.4 Å². The standard InChI is InChI=1S/C17H16N2O5/c1-22-14-8-7-12-13(9-24-15(12)16(14)23-2)19-18-11-5-3-10(4-6-11)17(20)21/h3-8,18H,9H2,1-2H3,(H,20,21)/b19-13-. The van der Waals surface area contributed by atoms with Crippen LogP contribution in [0, 0.1) is 0 Å². The predicted molar refractivity (Wildman–Crippen MR) is 88.6 cm³/mol. The summed E-state index contributed by atoms with van der Waals surface area (Å²) in [7, 11) is 3.12. The van der Waals surface area contributed by atoms with E-state index in [1.807, 2.05) is 6.07 Å². The fraction of sp³-hybridized carbons (Fsp3) is 0.176. The highest BCUT2D eigenvalue weighted by Gasteiger charge is 2.26. The van der Waals surface area contributed by atoms with E-state index in [2.05, 4.69) is 10.5 Å². The van der Waals surface area contributed by atoms with E-state index in [0.29, 0.717) is 35.3 Å². The summed E-state index contributed by atoms with van der Waals surface area (Å²) in [5, 5.41) is 13.2. The van der Waals surface area contributed by atoms with Crippen LogP contribution in [0.15, 0.2) is 41.5 Å². The van der Waals surface area contributed by atoms with E-state index in [1.165, 1.54) is 12.1 Å². The molecule has 24 heavy (non-hydrogen) atoms. The molecule has 1 heterocycles. The van der Waals surface area contributed by atoms with Crippen molar-refractivity contribution in [2.24, 2.45) is 5.10 Å². The van der Waals surface area contributed by atoms with Gasteiger partial charge in [0.25, 0.3) is 0 Å². The Bertz CT molecular complexity index is 799. The van der Waals surface area contributed by atoms with Crippen molar-refractivity contribution < 1.29 is 24.1 Å². The second kappa shape index (κ2) is 6.49. The Kier molecular flexibility index (Phi) is 4.24. The van der Waals surface area contributed by atoms with Gasteiger partial charge >= 0.3 is 5.97 Å². The van der Waals surface area contributed by atoms with Gasteiger partial charge in [-0.25, -0.2) is 4.79 Å². The number of benzene rings is 2. The Morgan fingerprint density at radius 1 is 1.17 bits per heavy atom. The molecule has 0 radical (unpaired) electrons. The molecule has 0 saturated carbocycles. The number of ether oxygens (including phenoxy) is 3. The highest BCUT2D eigenvalue weighted by atomic mass is 16.5. The number of hydrogen-bond donors (Lipinski definition) is 2. The third-order valence-corrected chi connectivity index (χ3v) is 3.62. The first-order valence-corrected chi connectivity index (χ1v) is 7.18. The summed E-state index contributed by atoms with van der Waals surface area (Å²) in [5.74, 6) is 0.756. The van der Waals surface area contributed by atoms with Crippen LogP contribution in [0.4, 0.5) is 5.69 Å². The molecule has 124 valence electrons. The average molecular weight is 328 g/mol. The van der Waals surface area contributed by atoms with Crippen LogP contribution >= 0.6 is 0 Å². The Balaban J connectivity index is 1.83. The lowest BCUT2D eigenvalue weighted by atomic mass is 10.1. The van der Waals surface area contributed by atoms with E-state index in [-0.39, 0.29) is 5.56 Å². The third kappa shape index (κ3) is 2.83. The van der Waals surface area contributed by atoms with Gasteiger partial charge in [0.1, 0.15) is 12.3 Å². The van der Waals surface area contributed by atoms with Crippen LogP contribution in [0.3, 0.4) is 0 Å². The van der Waals surface area contributed by atoms with Crippen LogP contribution < -0.4 is 19.6 Å². The van der Waals surface area contributed by atoms with Crippen LogP contribution in [0.1, 0.15) is 15.9 Å². The Morgan fingerprint density at radius 3 is 2.54 bits per heavy atom. The van der Waals surface area contributed by atoms with Crippen molar-refractivity contribution >= 4 is 17.4 Å². The van der Waals surface area contributed by atoms with E-state index < -0.39 is 5.97 Å². The zero-order valence-electron chi connectivity index (χ0n) is 13.2. The summed E-state index contributed by atoms with van der Waals surface area (Å²) in [6, 6.07) is 9.98. The first-order valence-electron chi connectivity index (χ1n) is 7.18. The molecule has 0 atom stereocenters. The molecular formula is C17H16N2O5. The SMILES string of the molecule is COc1ccc2c(c1OC)OC/C2=N/Nc1ccc(C(=O)O)cc1. The molecule has 2 aromatic carbocycles. The number of nitrogens with zero attached hydrogens (tertiary/aromatic N) is 1. The number of nitrogens with one attached hydrogen (secondary N) is 1. The van der Waals surface area contributed by atoms with Crippen molar-refractivity contribution in [3.63, 3.8) is 0 Å². The van der Waals surface area contributed by atoms with Crippen LogP contribution in [-0.4, -0.2) is 37.6 Å². The second-order valence-corrected chi connectivity index (χ2v) is 5.02. The first kappa shape index (κ1) is 15.7. The zero-order chi connectivity index (χ0) is 17.1. The van der Waals surface area contributed by atoms with Crippen molar-refractivity contribution in [2.45, 2.75) is 0 Å². The van der Waals surface area contributed by atoms with Crippen molar-refractivity contribution in [1.29, 1.82) is 0 Å². The summed E-state index contributed by atoms with van der Waals surface area (Å²) in [6.45, 7) is 0.305. The maximum atomic E-state index is 10.8. The van der Waals surface area contributed by atoms with Gasteiger partial charge < -0.3 is 19.3 Å². The number of aromatic carboxylic acids is 1. The van der Waals surface area contributed by atoms with Crippen LogP contribution in [-0.2, 0) is 0 Å².